The predicted octanol–water partition coefficient (Wildman–Crippen LogP) is 3.22. The average Bonchev–Trinajstić information content (AvgIpc) is 2.66. The fraction of sp³-hybridized carbons (Fsp3) is 0.300. The third-order valence-corrected chi connectivity index (χ3v) is 4.14. The van der Waals surface area contributed by atoms with Crippen LogP contribution in [0.3, 0.4) is 0 Å². The number of anilines is 1. The van der Waals surface area contributed by atoms with E-state index < -0.39 is 5.97 Å². The molecule has 1 aliphatic heterocycles. The Labute approximate surface area is 147 Å². The topological polar surface area (TPSA) is 55.8 Å². The maximum Gasteiger partial charge on any atom is 0.338 e. The number of rotatable bonds is 5. The lowest BCUT2D eigenvalue weighted by Crippen LogP contribution is -2.38. The third-order valence-electron chi connectivity index (χ3n) is 4.14. The van der Waals surface area contributed by atoms with Crippen molar-refractivity contribution >= 4 is 17.6 Å². The lowest BCUT2D eigenvalue weighted by Gasteiger charge is -2.29. The SMILES string of the molecule is CCOc1ccc(C(=O)OCC(=O)N2CCCc3ccccc32)cc1. The number of esters is 1. The van der Waals surface area contributed by atoms with Crippen LogP contribution in [-0.2, 0) is 16.0 Å². The van der Waals surface area contributed by atoms with Gasteiger partial charge in [-0.3, -0.25) is 4.79 Å². The van der Waals surface area contributed by atoms with Crippen LogP contribution in [0.4, 0.5) is 5.69 Å². The van der Waals surface area contributed by atoms with E-state index in [-0.39, 0.29) is 12.5 Å². The van der Waals surface area contributed by atoms with Crippen molar-refractivity contribution in [2.24, 2.45) is 0 Å². The van der Waals surface area contributed by atoms with Crippen molar-refractivity contribution in [3.63, 3.8) is 0 Å². The molecule has 5 heteroatoms. The molecule has 25 heavy (non-hydrogen) atoms. The summed E-state index contributed by atoms with van der Waals surface area (Å²) in [5.41, 5.74) is 2.46. The fourth-order valence-electron chi connectivity index (χ4n) is 2.94. The van der Waals surface area contributed by atoms with Gasteiger partial charge in [0, 0.05) is 12.2 Å². The number of fused-ring (bicyclic) bond motifs is 1. The van der Waals surface area contributed by atoms with E-state index in [2.05, 4.69) is 0 Å². The highest BCUT2D eigenvalue weighted by Crippen LogP contribution is 2.26. The quantitative estimate of drug-likeness (QED) is 0.785. The second kappa shape index (κ2) is 7.83. The van der Waals surface area contributed by atoms with Gasteiger partial charge in [-0.15, -0.1) is 0 Å². The molecule has 0 aromatic heterocycles. The van der Waals surface area contributed by atoms with Crippen molar-refractivity contribution < 1.29 is 19.1 Å². The zero-order chi connectivity index (χ0) is 17.6. The van der Waals surface area contributed by atoms with E-state index in [0.29, 0.717) is 24.5 Å². The molecule has 0 atom stereocenters. The molecule has 3 rings (SSSR count). The largest absolute Gasteiger partial charge is 0.494 e. The van der Waals surface area contributed by atoms with Gasteiger partial charge in [-0.25, -0.2) is 4.79 Å². The Hall–Kier alpha value is -2.82. The molecule has 0 radical (unpaired) electrons. The lowest BCUT2D eigenvalue weighted by molar-refractivity contribution is -0.121. The summed E-state index contributed by atoms with van der Waals surface area (Å²) in [6.07, 6.45) is 1.88. The molecule has 0 bridgehead atoms. The number of para-hydroxylation sites is 1. The molecule has 0 unspecified atom stereocenters. The molecule has 2 aromatic carbocycles. The first-order valence-corrected chi connectivity index (χ1v) is 8.47. The number of amides is 1. The van der Waals surface area contributed by atoms with Crippen LogP contribution < -0.4 is 9.64 Å². The van der Waals surface area contributed by atoms with Crippen molar-refractivity contribution in [1.82, 2.24) is 0 Å². The summed E-state index contributed by atoms with van der Waals surface area (Å²) in [5, 5.41) is 0. The maximum absolute atomic E-state index is 12.5. The minimum absolute atomic E-state index is 0.202. The molecule has 0 fully saturated rings. The summed E-state index contributed by atoms with van der Waals surface area (Å²) < 4.78 is 10.5. The van der Waals surface area contributed by atoms with Gasteiger partial charge in [0.15, 0.2) is 6.61 Å². The zero-order valence-electron chi connectivity index (χ0n) is 14.2. The summed E-state index contributed by atoms with van der Waals surface area (Å²) in [7, 11) is 0. The van der Waals surface area contributed by atoms with Crippen LogP contribution in [0.1, 0.15) is 29.3 Å². The van der Waals surface area contributed by atoms with Crippen molar-refractivity contribution in [1.29, 1.82) is 0 Å². The van der Waals surface area contributed by atoms with E-state index >= 15 is 0 Å². The van der Waals surface area contributed by atoms with Crippen LogP contribution in [0.2, 0.25) is 0 Å². The summed E-state index contributed by atoms with van der Waals surface area (Å²) in [5.74, 6) is -0.0202. The smallest absolute Gasteiger partial charge is 0.338 e. The Morgan fingerprint density at radius 2 is 1.84 bits per heavy atom. The zero-order valence-corrected chi connectivity index (χ0v) is 14.2. The normalized spacial score (nSPS) is 13.1. The first-order valence-electron chi connectivity index (χ1n) is 8.47. The molecule has 1 amide bonds. The molecule has 5 nitrogen and oxygen atoms in total. The monoisotopic (exact) mass is 339 g/mol. The molecule has 0 aliphatic carbocycles. The Bertz CT molecular complexity index is 755. The van der Waals surface area contributed by atoms with Gasteiger partial charge >= 0.3 is 5.97 Å². The van der Waals surface area contributed by atoms with Gasteiger partial charge < -0.3 is 14.4 Å². The first kappa shape index (κ1) is 17.0. The van der Waals surface area contributed by atoms with Gasteiger partial charge in [0.25, 0.3) is 5.91 Å². The average molecular weight is 339 g/mol. The van der Waals surface area contributed by atoms with E-state index in [1.807, 2.05) is 31.2 Å². The molecule has 0 saturated carbocycles. The Balaban J connectivity index is 1.60. The predicted molar refractivity (Wildman–Crippen MR) is 95.0 cm³/mol. The highest BCUT2D eigenvalue weighted by Gasteiger charge is 2.23. The van der Waals surface area contributed by atoms with Gasteiger partial charge in [0.2, 0.25) is 0 Å². The van der Waals surface area contributed by atoms with Crippen LogP contribution in [0.5, 0.6) is 5.75 Å². The van der Waals surface area contributed by atoms with Crippen LogP contribution in [0.15, 0.2) is 48.5 Å². The summed E-state index contributed by atoms with van der Waals surface area (Å²) >= 11 is 0. The number of hydrogen-bond acceptors (Lipinski definition) is 4. The second-order valence-electron chi connectivity index (χ2n) is 5.81. The fourth-order valence-corrected chi connectivity index (χ4v) is 2.94. The number of aryl methyl sites for hydroxylation is 1. The molecular weight excluding hydrogens is 318 g/mol. The number of hydrogen-bond donors (Lipinski definition) is 0. The standard InChI is InChI=1S/C20H21NO4/c1-2-24-17-11-9-16(10-12-17)20(23)25-14-19(22)21-13-5-7-15-6-3-4-8-18(15)21/h3-4,6,8-12H,2,5,7,13-14H2,1H3. The Kier molecular flexibility index (Phi) is 5.33. The molecule has 0 spiro atoms. The van der Waals surface area contributed by atoms with Gasteiger partial charge in [-0.05, 0) is 55.7 Å². The summed E-state index contributed by atoms with van der Waals surface area (Å²) in [6.45, 7) is 2.85. The third kappa shape index (κ3) is 3.99. The van der Waals surface area contributed by atoms with E-state index in [0.717, 1.165) is 24.1 Å². The molecule has 1 aliphatic rings. The number of ether oxygens (including phenoxy) is 2. The number of nitrogens with zero attached hydrogens (tertiary/aromatic N) is 1. The van der Waals surface area contributed by atoms with Gasteiger partial charge in [-0.2, -0.15) is 0 Å². The molecule has 130 valence electrons. The lowest BCUT2D eigenvalue weighted by atomic mass is 10.0. The van der Waals surface area contributed by atoms with Crippen molar-refractivity contribution in [2.45, 2.75) is 19.8 Å². The van der Waals surface area contributed by atoms with Crippen LogP contribution in [0, 0.1) is 0 Å². The van der Waals surface area contributed by atoms with Crippen molar-refractivity contribution in [3.05, 3.63) is 59.7 Å². The maximum atomic E-state index is 12.5. The Morgan fingerprint density at radius 1 is 1.08 bits per heavy atom. The van der Waals surface area contributed by atoms with E-state index in [4.69, 9.17) is 9.47 Å². The summed E-state index contributed by atoms with van der Waals surface area (Å²) in [4.78, 5) is 26.3. The minimum Gasteiger partial charge on any atom is -0.494 e. The van der Waals surface area contributed by atoms with Crippen LogP contribution in [-0.4, -0.2) is 31.6 Å². The van der Waals surface area contributed by atoms with E-state index in [1.54, 1.807) is 29.2 Å². The van der Waals surface area contributed by atoms with Crippen molar-refractivity contribution in [2.75, 3.05) is 24.7 Å². The highest BCUT2D eigenvalue weighted by molar-refractivity contribution is 5.98. The Morgan fingerprint density at radius 3 is 2.60 bits per heavy atom. The van der Waals surface area contributed by atoms with E-state index in [1.165, 1.54) is 0 Å². The number of carbonyl (C=O) groups is 2. The highest BCUT2D eigenvalue weighted by atomic mass is 16.5. The number of carbonyl (C=O) groups excluding carboxylic acids is 2. The minimum atomic E-state index is -0.512. The second-order valence-corrected chi connectivity index (χ2v) is 5.81. The van der Waals surface area contributed by atoms with Crippen LogP contribution in [0.25, 0.3) is 0 Å². The summed E-state index contributed by atoms with van der Waals surface area (Å²) in [6, 6.07) is 14.5. The molecule has 0 saturated heterocycles. The van der Waals surface area contributed by atoms with E-state index in [9.17, 15) is 9.59 Å². The van der Waals surface area contributed by atoms with Gasteiger partial charge in [0.05, 0.1) is 12.2 Å². The first-order chi connectivity index (χ1) is 12.2. The van der Waals surface area contributed by atoms with Gasteiger partial charge in [0.1, 0.15) is 5.75 Å². The number of benzene rings is 2. The molecule has 0 N–H and O–H groups in total. The van der Waals surface area contributed by atoms with Crippen molar-refractivity contribution in [3.8, 4) is 5.75 Å². The van der Waals surface area contributed by atoms with Crippen LogP contribution >= 0.6 is 0 Å². The molecule has 1 heterocycles. The molecular formula is C20H21NO4. The van der Waals surface area contributed by atoms with Gasteiger partial charge in [-0.1, -0.05) is 18.2 Å². The molecule has 2 aromatic rings.